The number of benzene rings is 3. The van der Waals surface area contributed by atoms with E-state index in [9.17, 15) is 0 Å². The van der Waals surface area contributed by atoms with Crippen molar-refractivity contribution in [2.24, 2.45) is 0 Å². The minimum Gasteiger partial charge on any atom is -0.497 e. The molecule has 0 saturated carbocycles. The summed E-state index contributed by atoms with van der Waals surface area (Å²) in [5.41, 5.74) is 5.02. The molecule has 5 aromatic rings. The van der Waals surface area contributed by atoms with Gasteiger partial charge in [0.1, 0.15) is 17.9 Å². The Morgan fingerprint density at radius 2 is 1.68 bits per heavy atom. The van der Waals surface area contributed by atoms with E-state index in [2.05, 4.69) is 62.1 Å². The average molecular weight is 489 g/mol. The van der Waals surface area contributed by atoms with Crippen molar-refractivity contribution in [3.8, 4) is 11.8 Å². The highest BCUT2D eigenvalue weighted by Gasteiger charge is 2.14. The molecule has 0 unspecified atom stereocenters. The van der Waals surface area contributed by atoms with Crippen LogP contribution in [0.3, 0.4) is 0 Å². The van der Waals surface area contributed by atoms with Gasteiger partial charge in [-0.25, -0.2) is 0 Å². The zero-order valence-corrected chi connectivity index (χ0v) is 20.8. The van der Waals surface area contributed by atoms with Gasteiger partial charge in [0.25, 0.3) is 0 Å². The van der Waals surface area contributed by atoms with Crippen molar-refractivity contribution in [1.82, 2.24) is 24.6 Å². The van der Waals surface area contributed by atoms with Gasteiger partial charge in [0.2, 0.25) is 0 Å². The lowest BCUT2D eigenvalue weighted by Gasteiger charge is -2.22. The summed E-state index contributed by atoms with van der Waals surface area (Å²) in [6.45, 7) is 2.82. The quantitative estimate of drug-likeness (QED) is 0.275. The molecule has 184 valence electrons. The van der Waals surface area contributed by atoms with E-state index in [1.54, 1.807) is 13.4 Å². The molecule has 3 aromatic carbocycles. The van der Waals surface area contributed by atoms with Crippen LogP contribution in [-0.4, -0.2) is 38.3 Å². The van der Waals surface area contributed by atoms with Gasteiger partial charge in [-0.15, -0.1) is 10.2 Å². The number of aromatic nitrogens is 4. The number of methoxy groups -OCH3 is 1. The maximum absolute atomic E-state index is 9.07. The zero-order chi connectivity index (χ0) is 25.5. The number of nitrogens with zero attached hydrogens (tertiary/aromatic N) is 6. The van der Waals surface area contributed by atoms with Crippen molar-refractivity contribution in [1.29, 1.82) is 5.26 Å². The highest BCUT2D eigenvalue weighted by molar-refractivity contribution is 5.78. The van der Waals surface area contributed by atoms with E-state index in [0.717, 1.165) is 46.7 Å². The van der Waals surface area contributed by atoms with Gasteiger partial charge in [-0.1, -0.05) is 48.5 Å². The first-order valence-electron chi connectivity index (χ1n) is 12.3. The number of hydrogen-bond acceptors (Lipinski definition) is 6. The number of nitriles is 1. The predicted molar refractivity (Wildman–Crippen MR) is 143 cm³/mol. The van der Waals surface area contributed by atoms with Crippen molar-refractivity contribution in [3.63, 3.8) is 0 Å². The summed E-state index contributed by atoms with van der Waals surface area (Å²) in [5.74, 6) is 1.75. The molecule has 2 aromatic heterocycles. The number of pyridine rings is 1. The highest BCUT2D eigenvalue weighted by Crippen LogP contribution is 2.17. The first-order valence-corrected chi connectivity index (χ1v) is 12.3. The minimum absolute atomic E-state index is 0.640. The van der Waals surface area contributed by atoms with Crippen LogP contribution in [0.4, 0.5) is 0 Å². The van der Waals surface area contributed by atoms with Crippen molar-refractivity contribution in [3.05, 3.63) is 119 Å². The van der Waals surface area contributed by atoms with E-state index in [-0.39, 0.29) is 0 Å². The fourth-order valence-electron chi connectivity index (χ4n) is 4.33. The lowest BCUT2D eigenvalue weighted by atomic mass is 10.1. The van der Waals surface area contributed by atoms with Gasteiger partial charge in [-0.3, -0.25) is 9.88 Å². The van der Waals surface area contributed by atoms with Crippen LogP contribution < -0.4 is 4.74 Å². The summed E-state index contributed by atoms with van der Waals surface area (Å²) >= 11 is 0. The Kier molecular flexibility index (Phi) is 7.49. The second-order valence-corrected chi connectivity index (χ2v) is 8.99. The van der Waals surface area contributed by atoms with E-state index < -0.39 is 0 Å². The second-order valence-electron chi connectivity index (χ2n) is 8.99. The molecule has 0 bridgehead atoms. The molecule has 0 aliphatic carbocycles. The van der Waals surface area contributed by atoms with Crippen molar-refractivity contribution in [2.45, 2.75) is 26.1 Å². The molecular formula is C30H28N6O. The van der Waals surface area contributed by atoms with Crippen LogP contribution in [-0.2, 0) is 26.1 Å². The summed E-state index contributed by atoms with van der Waals surface area (Å²) in [6, 6.07) is 30.4. The molecule has 0 atom stereocenters. The third-order valence-corrected chi connectivity index (χ3v) is 6.41. The predicted octanol–water partition coefficient (Wildman–Crippen LogP) is 5.00. The van der Waals surface area contributed by atoms with Crippen LogP contribution in [0.2, 0.25) is 0 Å². The SMILES string of the molecule is COc1ccc(CCN(Cc2ccc3ccccc3n2)Cc2nncn2Cc2ccc(C#N)cc2)cc1. The van der Waals surface area contributed by atoms with Crippen LogP contribution in [0, 0.1) is 11.3 Å². The first kappa shape index (κ1) is 24.2. The highest BCUT2D eigenvalue weighted by atomic mass is 16.5. The average Bonchev–Trinajstić information content (AvgIpc) is 3.38. The minimum atomic E-state index is 0.640. The number of hydrogen-bond donors (Lipinski definition) is 0. The zero-order valence-electron chi connectivity index (χ0n) is 20.8. The molecule has 0 amide bonds. The monoisotopic (exact) mass is 488 g/mol. The summed E-state index contributed by atoms with van der Waals surface area (Å²) in [6.07, 6.45) is 2.66. The molecule has 7 heteroatoms. The van der Waals surface area contributed by atoms with Crippen LogP contribution in [0.1, 0.15) is 28.2 Å². The van der Waals surface area contributed by atoms with E-state index in [0.29, 0.717) is 25.2 Å². The second kappa shape index (κ2) is 11.5. The Morgan fingerprint density at radius 1 is 0.892 bits per heavy atom. The fourth-order valence-corrected chi connectivity index (χ4v) is 4.33. The molecule has 7 nitrogen and oxygen atoms in total. The first-order chi connectivity index (χ1) is 18.2. The van der Waals surface area contributed by atoms with E-state index in [1.165, 1.54) is 5.56 Å². The van der Waals surface area contributed by atoms with Crippen LogP contribution >= 0.6 is 0 Å². The molecule has 0 fully saturated rings. The lowest BCUT2D eigenvalue weighted by Crippen LogP contribution is -2.27. The Morgan fingerprint density at radius 3 is 2.46 bits per heavy atom. The Balaban J connectivity index is 1.35. The van der Waals surface area contributed by atoms with Gasteiger partial charge in [-0.2, -0.15) is 5.26 Å². The topological polar surface area (TPSA) is 79.9 Å². The van der Waals surface area contributed by atoms with Crippen LogP contribution in [0.25, 0.3) is 10.9 Å². The summed E-state index contributed by atoms with van der Waals surface area (Å²) in [4.78, 5) is 7.26. The Labute approximate surface area is 216 Å². The normalized spacial score (nSPS) is 11.1. The van der Waals surface area contributed by atoms with Crippen LogP contribution in [0.5, 0.6) is 5.75 Å². The number of rotatable bonds is 10. The van der Waals surface area contributed by atoms with Crippen molar-refractivity contribution >= 4 is 10.9 Å². The van der Waals surface area contributed by atoms with E-state index >= 15 is 0 Å². The molecule has 0 aliphatic heterocycles. The standard InChI is InChI=1S/C30H28N6O/c1-37-28-14-10-23(11-15-28)16-17-35(20-27-13-12-26-4-2-3-5-29(26)33-27)21-30-34-32-22-36(30)19-25-8-6-24(18-31)7-9-25/h2-15,22H,16-17,19-21H2,1H3. The third-order valence-electron chi connectivity index (χ3n) is 6.41. The molecule has 5 rings (SSSR count). The van der Waals surface area contributed by atoms with E-state index in [4.69, 9.17) is 15.0 Å². The molecule has 0 saturated heterocycles. The maximum Gasteiger partial charge on any atom is 0.147 e. The molecule has 2 heterocycles. The number of para-hydroxylation sites is 1. The van der Waals surface area contributed by atoms with Gasteiger partial charge in [0.15, 0.2) is 0 Å². The lowest BCUT2D eigenvalue weighted by molar-refractivity contribution is 0.247. The smallest absolute Gasteiger partial charge is 0.147 e. The van der Waals surface area contributed by atoms with Gasteiger partial charge < -0.3 is 9.30 Å². The molecule has 0 aliphatic rings. The van der Waals surface area contributed by atoms with Gasteiger partial charge in [0, 0.05) is 18.5 Å². The van der Waals surface area contributed by atoms with Gasteiger partial charge in [0.05, 0.1) is 43.0 Å². The van der Waals surface area contributed by atoms with Crippen molar-refractivity contribution in [2.75, 3.05) is 13.7 Å². The maximum atomic E-state index is 9.07. The van der Waals surface area contributed by atoms with Gasteiger partial charge in [-0.05, 0) is 53.9 Å². The summed E-state index contributed by atoms with van der Waals surface area (Å²) in [7, 11) is 1.68. The fraction of sp³-hybridized carbons (Fsp3) is 0.200. The third kappa shape index (κ3) is 6.18. The van der Waals surface area contributed by atoms with Gasteiger partial charge >= 0.3 is 0 Å². The number of ether oxygens (including phenoxy) is 1. The van der Waals surface area contributed by atoms with Crippen molar-refractivity contribution < 1.29 is 4.74 Å². The van der Waals surface area contributed by atoms with E-state index in [1.807, 2.05) is 48.5 Å². The molecule has 0 radical (unpaired) electrons. The Bertz CT molecular complexity index is 1500. The summed E-state index contributed by atoms with van der Waals surface area (Å²) < 4.78 is 7.37. The summed E-state index contributed by atoms with van der Waals surface area (Å²) in [5, 5.41) is 18.8. The molecular weight excluding hydrogens is 460 g/mol. The largest absolute Gasteiger partial charge is 0.497 e. The number of fused-ring (bicyclic) bond motifs is 1. The Hall–Kier alpha value is -4.54. The van der Waals surface area contributed by atoms with Crippen LogP contribution in [0.15, 0.2) is 91.3 Å². The molecule has 0 spiro atoms. The molecule has 0 N–H and O–H groups in total. The molecule has 37 heavy (non-hydrogen) atoms.